The summed E-state index contributed by atoms with van der Waals surface area (Å²) in [6, 6.07) is 6.45. The molecule has 122 valence electrons. The fraction of sp³-hybridized carbons (Fsp3) is 0.154. The zero-order valence-electron chi connectivity index (χ0n) is 11.9. The minimum atomic E-state index is -4.63. The fourth-order valence-electron chi connectivity index (χ4n) is 2.26. The molecule has 0 saturated heterocycles. The summed E-state index contributed by atoms with van der Waals surface area (Å²) in [4.78, 5) is 4.14. The molecule has 1 N–H and O–H groups in total. The topological polar surface area (TPSA) is 85.3 Å². The van der Waals surface area contributed by atoms with Crippen LogP contribution in [0.5, 0.6) is 0 Å². The molecular formula is C13H9F3N8. The van der Waals surface area contributed by atoms with E-state index in [1.165, 1.54) is 12.1 Å². The zero-order valence-corrected chi connectivity index (χ0v) is 11.9. The van der Waals surface area contributed by atoms with Crippen LogP contribution >= 0.6 is 0 Å². The Kier molecular flexibility index (Phi) is 3.08. The SMILES string of the molecule is FC(F)(F)c1nnc2ccc(NCc3ccnc4ccnn34)nn12. The third kappa shape index (κ3) is 2.39. The lowest BCUT2D eigenvalue weighted by atomic mass is 10.4. The molecule has 11 heteroatoms. The molecule has 0 spiro atoms. The van der Waals surface area contributed by atoms with E-state index < -0.39 is 12.0 Å². The van der Waals surface area contributed by atoms with Crippen LogP contribution in [0.1, 0.15) is 11.5 Å². The molecule has 0 unspecified atom stereocenters. The van der Waals surface area contributed by atoms with Crippen molar-refractivity contribution >= 4 is 17.1 Å². The van der Waals surface area contributed by atoms with Crippen LogP contribution in [0.15, 0.2) is 36.7 Å². The molecule has 0 aliphatic heterocycles. The fourth-order valence-corrected chi connectivity index (χ4v) is 2.26. The predicted molar refractivity (Wildman–Crippen MR) is 76.1 cm³/mol. The normalized spacial score (nSPS) is 12.1. The average Bonchev–Trinajstić information content (AvgIpc) is 3.18. The number of nitrogens with one attached hydrogen (secondary N) is 1. The summed E-state index contributed by atoms with van der Waals surface area (Å²) >= 11 is 0. The molecule has 0 aromatic carbocycles. The van der Waals surface area contributed by atoms with Gasteiger partial charge in [0.25, 0.3) is 5.82 Å². The van der Waals surface area contributed by atoms with Gasteiger partial charge in [-0.15, -0.1) is 15.3 Å². The number of rotatable bonds is 3. The molecule has 8 nitrogen and oxygen atoms in total. The van der Waals surface area contributed by atoms with Gasteiger partial charge < -0.3 is 5.32 Å². The minimum absolute atomic E-state index is 0.0197. The van der Waals surface area contributed by atoms with E-state index >= 15 is 0 Å². The molecule has 0 saturated carbocycles. The highest BCUT2D eigenvalue weighted by atomic mass is 19.4. The largest absolute Gasteiger partial charge is 0.453 e. The van der Waals surface area contributed by atoms with E-state index in [4.69, 9.17) is 0 Å². The Hall–Kier alpha value is -3.24. The van der Waals surface area contributed by atoms with E-state index in [-0.39, 0.29) is 11.5 Å². The van der Waals surface area contributed by atoms with E-state index in [9.17, 15) is 13.2 Å². The van der Waals surface area contributed by atoms with E-state index in [1.807, 2.05) is 0 Å². The molecule has 4 aromatic rings. The molecule has 0 amide bonds. The number of alkyl halides is 3. The number of anilines is 1. The minimum Gasteiger partial charge on any atom is -0.363 e. The van der Waals surface area contributed by atoms with Crippen LogP contribution in [0.25, 0.3) is 11.3 Å². The summed E-state index contributed by atoms with van der Waals surface area (Å²) in [7, 11) is 0. The van der Waals surface area contributed by atoms with E-state index in [1.54, 1.807) is 29.0 Å². The number of nitrogens with zero attached hydrogens (tertiary/aromatic N) is 7. The van der Waals surface area contributed by atoms with Crippen LogP contribution in [0.3, 0.4) is 0 Å². The average molecular weight is 334 g/mol. The standard InChI is InChI=1S/C13H9F3N8/c14-13(15,16)12-21-20-11-2-1-9(22-24(11)12)18-7-8-3-5-17-10-4-6-19-23(8)10/h1-6H,7H2,(H,18,22). The van der Waals surface area contributed by atoms with Crippen molar-refractivity contribution in [2.75, 3.05) is 5.32 Å². The molecule has 24 heavy (non-hydrogen) atoms. The number of aromatic nitrogens is 7. The van der Waals surface area contributed by atoms with Crippen LogP contribution in [0.4, 0.5) is 19.0 Å². The summed E-state index contributed by atoms with van der Waals surface area (Å²) in [6.07, 6.45) is -1.38. The van der Waals surface area contributed by atoms with Crippen LogP contribution < -0.4 is 5.32 Å². The molecule has 0 radical (unpaired) electrons. The monoisotopic (exact) mass is 334 g/mol. The lowest BCUT2D eigenvalue weighted by molar-refractivity contribution is -0.146. The lowest BCUT2D eigenvalue weighted by Crippen LogP contribution is -2.14. The third-order valence-corrected chi connectivity index (χ3v) is 3.34. The number of halogens is 3. The molecule has 0 atom stereocenters. The molecule has 0 bridgehead atoms. The smallest absolute Gasteiger partial charge is 0.363 e. The Morgan fingerprint density at radius 2 is 1.83 bits per heavy atom. The van der Waals surface area contributed by atoms with Gasteiger partial charge in [-0.25, -0.2) is 9.50 Å². The molecule has 0 aliphatic rings. The lowest BCUT2D eigenvalue weighted by Gasteiger charge is -2.08. The zero-order chi connectivity index (χ0) is 16.7. The Balaban J connectivity index is 1.64. The van der Waals surface area contributed by atoms with Gasteiger partial charge in [-0.05, 0) is 18.2 Å². The number of fused-ring (bicyclic) bond motifs is 2. The second-order valence-corrected chi connectivity index (χ2v) is 4.90. The van der Waals surface area contributed by atoms with Crippen LogP contribution in [0.2, 0.25) is 0 Å². The Labute approximate surface area is 132 Å². The number of hydrogen-bond donors (Lipinski definition) is 1. The maximum atomic E-state index is 12.9. The van der Waals surface area contributed by atoms with Crippen LogP contribution in [-0.2, 0) is 12.7 Å². The number of hydrogen-bond acceptors (Lipinski definition) is 6. The summed E-state index contributed by atoms with van der Waals surface area (Å²) in [5.74, 6) is -0.913. The van der Waals surface area contributed by atoms with Crippen molar-refractivity contribution in [3.63, 3.8) is 0 Å². The first-order chi connectivity index (χ1) is 11.5. The van der Waals surface area contributed by atoms with Crippen molar-refractivity contribution in [1.29, 1.82) is 0 Å². The Bertz CT molecular complexity index is 1020. The van der Waals surface area contributed by atoms with Gasteiger partial charge >= 0.3 is 6.18 Å². The summed E-state index contributed by atoms with van der Waals surface area (Å²) in [5.41, 5.74) is 1.48. The maximum Gasteiger partial charge on any atom is 0.453 e. The van der Waals surface area contributed by atoms with Crippen molar-refractivity contribution < 1.29 is 13.2 Å². The van der Waals surface area contributed by atoms with Crippen molar-refractivity contribution in [3.05, 3.63) is 48.2 Å². The van der Waals surface area contributed by atoms with Crippen molar-refractivity contribution in [2.24, 2.45) is 0 Å². The molecule has 4 aromatic heterocycles. The first-order valence-electron chi connectivity index (χ1n) is 6.83. The summed E-state index contributed by atoms with van der Waals surface area (Å²) < 4.78 is 40.9. The van der Waals surface area contributed by atoms with Crippen LogP contribution in [-0.4, -0.2) is 34.4 Å². The van der Waals surface area contributed by atoms with Crippen LogP contribution in [0, 0.1) is 0 Å². The molecule has 0 aliphatic carbocycles. The van der Waals surface area contributed by atoms with E-state index in [0.29, 0.717) is 16.7 Å². The summed E-state index contributed by atoms with van der Waals surface area (Å²) in [6.45, 7) is 0.308. The first-order valence-corrected chi connectivity index (χ1v) is 6.83. The molecule has 4 heterocycles. The molecular weight excluding hydrogens is 325 g/mol. The van der Waals surface area contributed by atoms with Gasteiger partial charge in [-0.1, -0.05) is 0 Å². The van der Waals surface area contributed by atoms with E-state index in [0.717, 1.165) is 5.69 Å². The molecule has 0 fully saturated rings. The predicted octanol–water partition coefficient (Wildman–Crippen LogP) is 1.80. The van der Waals surface area contributed by atoms with Crippen molar-refractivity contribution in [1.82, 2.24) is 34.4 Å². The van der Waals surface area contributed by atoms with Crippen molar-refractivity contribution in [3.8, 4) is 0 Å². The maximum absolute atomic E-state index is 12.9. The van der Waals surface area contributed by atoms with Gasteiger partial charge in [0, 0.05) is 12.3 Å². The Morgan fingerprint density at radius 3 is 2.67 bits per heavy atom. The highest BCUT2D eigenvalue weighted by molar-refractivity contribution is 5.45. The van der Waals surface area contributed by atoms with E-state index in [2.05, 4.69) is 30.7 Å². The third-order valence-electron chi connectivity index (χ3n) is 3.34. The van der Waals surface area contributed by atoms with Gasteiger partial charge in [0.1, 0.15) is 5.82 Å². The van der Waals surface area contributed by atoms with Gasteiger partial charge in [-0.2, -0.15) is 22.8 Å². The van der Waals surface area contributed by atoms with Gasteiger partial charge in [0.15, 0.2) is 11.3 Å². The quantitative estimate of drug-likeness (QED) is 0.615. The highest BCUT2D eigenvalue weighted by Gasteiger charge is 2.37. The summed E-state index contributed by atoms with van der Waals surface area (Å²) in [5, 5.41) is 17.6. The highest BCUT2D eigenvalue weighted by Crippen LogP contribution is 2.27. The first kappa shape index (κ1) is 14.4. The second-order valence-electron chi connectivity index (χ2n) is 4.90. The molecule has 4 rings (SSSR count). The van der Waals surface area contributed by atoms with Crippen molar-refractivity contribution in [2.45, 2.75) is 12.7 Å². The van der Waals surface area contributed by atoms with Gasteiger partial charge in [-0.3, -0.25) is 0 Å². The van der Waals surface area contributed by atoms with Gasteiger partial charge in [0.2, 0.25) is 0 Å². The second kappa shape index (κ2) is 5.15. The Morgan fingerprint density at radius 1 is 0.958 bits per heavy atom. The van der Waals surface area contributed by atoms with Gasteiger partial charge in [0.05, 0.1) is 18.4 Å².